The molecule has 33 heavy (non-hydrogen) atoms. The smallest absolute Gasteiger partial charge is 0.220 e. The minimum atomic E-state index is -0.341. The number of amides is 1. The van der Waals surface area contributed by atoms with Gasteiger partial charge in [-0.05, 0) is 54.2 Å². The fraction of sp³-hybridized carbons (Fsp3) is 0.440. The standard InChI is InChI=1S/C25H31ClN2O5/c1-28(2)19-11-9-16-17(14-20(19)29)18(27-22(30)7-6-12-26)10-8-15-13-21(31-3)24(32-4)25(33-5)23(15)16/h9,11,13-14,18H,6-8,10,12H2,1-5H3,(H,27,30)/t18-/m0/s1. The van der Waals surface area contributed by atoms with Gasteiger partial charge in [-0.25, -0.2) is 0 Å². The second kappa shape index (κ2) is 10.8. The minimum absolute atomic E-state index is 0.0912. The number of rotatable bonds is 8. The van der Waals surface area contributed by atoms with Crippen LogP contribution in [0.2, 0.25) is 0 Å². The van der Waals surface area contributed by atoms with E-state index in [0.717, 1.165) is 22.3 Å². The lowest BCUT2D eigenvalue weighted by molar-refractivity contribution is -0.121. The Bertz CT molecular complexity index is 1090. The number of ether oxygens (including phenoxy) is 3. The zero-order chi connectivity index (χ0) is 24.1. The van der Waals surface area contributed by atoms with Crippen LogP contribution in [0.5, 0.6) is 17.2 Å². The summed E-state index contributed by atoms with van der Waals surface area (Å²) in [4.78, 5) is 27.5. The van der Waals surface area contributed by atoms with Gasteiger partial charge in [0.15, 0.2) is 11.5 Å². The zero-order valence-corrected chi connectivity index (χ0v) is 20.5. The molecule has 1 N–H and O–H groups in total. The lowest BCUT2D eigenvalue weighted by atomic mass is 9.95. The Morgan fingerprint density at radius 1 is 1.12 bits per heavy atom. The van der Waals surface area contributed by atoms with E-state index in [4.69, 9.17) is 25.8 Å². The normalized spacial score (nSPS) is 14.4. The minimum Gasteiger partial charge on any atom is -0.493 e. The number of carbonyl (C=O) groups excluding carboxylic acids is 1. The summed E-state index contributed by atoms with van der Waals surface area (Å²) in [6, 6.07) is 6.95. The third-order valence-corrected chi connectivity index (χ3v) is 6.14. The van der Waals surface area contributed by atoms with E-state index in [9.17, 15) is 9.59 Å². The molecule has 0 aliphatic heterocycles. The van der Waals surface area contributed by atoms with Gasteiger partial charge in [0.2, 0.25) is 17.1 Å². The number of anilines is 1. The molecule has 0 bridgehead atoms. The van der Waals surface area contributed by atoms with Gasteiger partial charge in [-0.2, -0.15) is 0 Å². The predicted octanol–water partition coefficient (Wildman–Crippen LogP) is 3.93. The average Bonchev–Trinajstić information content (AvgIpc) is 3.05. The van der Waals surface area contributed by atoms with Crippen molar-refractivity contribution in [3.8, 4) is 28.4 Å². The zero-order valence-electron chi connectivity index (χ0n) is 19.8. The molecule has 178 valence electrons. The van der Waals surface area contributed by atoms with Gasteiger partial charge in [0.25, 0.3) is 0 Å². The molecule has 0 unspecified atom stereocenters. The number of nitrogens with one attached hydrogen (secondary N) is 1. The van der Waals surface area contributed by atoms with Gasteiger partial charge < -0.3 is 24.4 Å². The molecule has 7 nitrogen and oxygen atoms in total. The second-order valence-corrected chi connectivity index (χ2v) is 8.50. The number of aryl methyl sites for hydroxylation is 1. The summed E-state index contributed by atoms with van der Waals surface area (Å²) in [5, 5.41) is 3.12. The summed E-state index contributed by atoms with van der Waals surface area (Å²) in [6.45, 7) is 0. The molecule has 3 rings (SSSR count). The summed E-state index contributed by atoms with van der Waals surface area (Å²) < 4.78 is 17.0. The van der Waals surface area contributed by atoms with E-state index in [1.165, 1.54) is 0 Å². The predicted molar refractivity (Wildman–Crippen MR) is 131 cm³/mol. The number of carbonyl (C=O) groups is 1. The Morgan fingerprint density at radius 2 is 1.85 bits per heavy atom. The molecule has 0 spiro atoms. The number of methoxy groups -OCH3 is 3. The number of benzene rings is 1. The molecule has 1 atom stereocenters. The molecule has 1 aliphatic rings. The highest BCUT2D eigenvalue weighted by Crippen LogP contribution is 2.50. The van der Waals surface area contributed by atoms with Crippen LogP contribution in [0.1, 0.15) is 36.4 Å². The van der Waals surface area contributed by atoms with Gasteiger partial charge >= 0.3 is 0 Å². The lowest BCUT2D eigenvalue weighted by Gasteiger charge is -2.20. The summed E-state index contributed by atoms with van der Waals surface area (Å²) in [5.74, 6) is 1.91. The van der Waals surface area contributed by atoms with E-state index >= 15 is 0 Å². The third-order valence-electron chi connectivity index (χ3n) is 5.87. The van der Waals surface area contributed by atoms with E-state index in [2.05, 4.69) is 5.32 Å². The molecule has 0 radical (unpaired) electrons. The maximum atomic E-state index is 13.1. The highest BCUT2D eigenvalue weighted by molar-refractivity contribution is 6.17. The molecule has 0 heterocycles. The molecule has 0 saturated heterocycles. The number of halogens is 1. The van der Waals surface area contributed by atoms with Gasteiger partial charge in [-0.1, -0.05) is 6.07 Å². The monoisotopic (exact) mass is 474 g/mol. The van der Waals surface area contributed by atoms with Gasteiger partial charge in [-0.15, -0.1) is 11.6 Å². The van der Waals surface area contributed by atoms with Crippen LogP contribution in [0, 0.1) is 0 Å². The van der Waals surface area contributed by atoms with Crippen LogP contribution in [-0.2, 0) is 11.2 Å². The summed E-state index contributed by atoms with van der Waals surface area (Å²) in [6.07, 6.45) is 2.20. The van der Waals surface area contributed by atoms with Gasteiger partial charge in [0.1, 0.15) is 0 Å². The molecule has 0 fully saturated rings. The van der Waals surface area contributed by atoms with E-state index in [1.54, 1.807) is 38.4 Å². The molecule has 8 heteroatoms. The molecule has 1 amide bonds. The van der Waals surface area contributed by atoms with Crippen LogP contribution >= 0.6 is 11.6 Å². The first-order valence-electron chi connectivity index (χ1n) is 10.9. The van der Waals surface area contributed by atoms with Crippen molar-refractivity contribution in [3.05, 3.63) is 45.6 Å². The number of hydrogen-bond donors (Lipinski definition) is 1. The maximum Gasteiger partial charge on any atom is 0.220 e. The first-order valence-corrected chi connectivity index (χ1v) is 11.4. The van der Waals surface area contributed by atoms with Crippen molar-refractivity contribution in [2.75, 3.05) is 46.2 Å². The second-order valence-electron chi connectivity index (χ2n) is 8.12. The van der Waals surface area contributed by atoms with Crippen LogP contribution in [0.4, 0.5) is 5.69 Å². The van der Waals surface area contributed by atoms with Gasteiger partial charge in [0.05, 0.1) is 33.1 Å². The van der Waals surface area contributed by atoms with Crippen LogP contribution in [0.3, 0.4) is 0 Å². The van der Waals surface area contributed by atoms with E-state index < -0.39 is 0 Å². The molecule has 0 saturated carbocycles. The molecule has 1 aliphatic carbocycles. The molecule has 2 aromatic rings. The number of nitrogens with zero attached hydrogens (tertiary/aromatic N) is 1. The molecule has 0 aromatic heterocycles. The van der Waals surface area contributed by atoms with Crippen LogP contribution < -0.4 is 29.9 Å². The highest BCUT2D eigenvalue weighted by atomic mass is 35.5. The molecular weight excluding hydrogens is 444 g/mol. The first kappa shape index (κ1) is 24.7. The Balaban J connectivity index is 2.30. The molecule has 2 aromatic carbocycles. The van der Waals surface area contributed by atoms with E-state index in [-0.39, 0.29) is 17.4 Å². The Kier molecular flexibility index (Phi) is 8.08. The maximum absolute atomic E-state index is 13.1. The topological polar surface area (TPSA) is 77.1 Å². The summed E-state index contributed by atoms with van der Waals surface area (Å²) in [7, 11) is 8.39. The van der Waals surface area contributed by atoms with Crippen molar-refractivity contribution in [2.24, 2.45) is 0 Å². The molecular formula is C25H31ClN2O5. The van der Waals surface area contributed by atoms with Crippen molar-refractivity contribution in [1.29, 1.82) is 0 Å². The largest absolute Gasteiger partial charge is 0.493 e. The SMILES string of the molecule is COc1cc2c(c(OC)c1OC)-c1ccc(N(C)C)c(=O)cc1[C@@H](NC(=O)CCCCl)CC2. The van der Waals surface area contributed by atoms with E-state index in [0.29, 0.717) is 54.5 Å². The first-order chi connectivity index (χ1) is 15.9. The summed E-state index contributed by atoms with van der Waals surface area (Å²) >= 11 is 5.77. The Labute approximate surface area is 199 Å². The Hall–Kier alpha value is -2.93. The van der Waals surface area contributed by atoms with Crippen LogP contribution in [-0.4, -0.2) is 47.2 Å². The van der Waals surface area contributed by atoms with Crippen molar-refractivity contribution < 1.29 is 19.0 Å². The van der Waals surface area contributed by atoms with Crippen molar-refractivity contribution >= 4 is 23.2 Å². The van der Waals surface area contributed by atoms with Crippen LogP contribution in [0.15, 0.2) is 29.1 Å². The van der Waals surface area contributed by atoms with Crippen molar-refractivity contribution in [3.63, 3.8) is 0 Å². The number of hydrogen-bond acceptors (Lipinski definition) is 6. The lowest BCUT2D eigenvalue weighted by Crippen LogP contribution is -2.29. The van der Waals surface area contributed by atoms with Crippen molar-refractivity contribution in [2.45, 2.75) is 31.7 Å². The van der Waals surface area contributed by atoms with Crippen molar-refractivity contribution in [1.82, 2.24) is 5.32 Å². The Morgan fingerprint density at radius 3 is 2.45 bits per heavy atom. The number of fused-ring (bicyclic) bond motifs is 3. The average molecular weight is 475 g/mol. The van der Waals surface area contributed by atoms with Gasteiger partial charge in [-0.3, -0.25) is 9.59 Å². The van der Waals surface area contributed by atoms with Gasteiger partial charge in [0, 0.05) is 32.0 Å². The number of alkyl halides is 1. The fourth-order valence-electron chi connectivity index (χ4n) is 4.32. The summed E-state index contributed by atoms with van der Waals surface area (Å²) in [5.41, 5.74) is 3.82. The fourth-order valence-corrected chi connectivity index (χ4v) is 4.45. The van der Waals surface area contributed by atoms with E-state index in [1.807, 2.05) is 26.2 Å². The quantitative estimate of drug-likeness (QED) is 0.584. The van der Waals surface area contributed by atoms with Crippen LogP contribution in [0.25, 0.3) is 11.1 Å². The highest BCUT2D eigenvalue weighted by Gasteiger charge is 2.29. The third kappa shape index (κ3) is 5.03.